The number of ether oxygens (including phenoxy) is 1. The van der Waals surface area contributed by atoms with Crippen LogP contribution in [-0.2, 0) is 33.6 Å². The molecule has 0 saturated carbocycles. The molecule has 1 atom stereocenters. The minimum Gasteiger partial charge on any atom is -0.453 e. The van der Waals surface area contributed by atoms with Crippen molar-refractivity contribution in [2.45, 2.75) is 45.1 Å². The molecular weight excluding hydrogens is 382 g/mol. The lowest BCUT2D eigenvalue weighted by Crippen LogP contribution is -2.30. The van der Waals surface area contributed by atoms with Gasteiger partial charge in [0.25, 0.3) is 11.5 Å². The standard InChI is InChI=1S/C23H23N3O4/c1-14(22(28)24-17-10-9-15-5-4-6-16(15)13-17)30-21(27)12-11-20-25-19-8-3-2-7-18(19)23(29)26-20/h2-3,7-10,13-14H,4-6,11-12H2,1H3,(H,24,28)(H,25,26,29)/t14-/m1/s1. The third kappa shape index (κ3) is 4.40. The molecule has 0 unspecified atom stereocenters. The lowest BCUT2D eigenvalue weighted by Gasteiger charge is -2.14. The molecule has 0 saturated heterocycles. The van der Waals surface area contributed by atoms with Gasteiger partial charge in [0.15, 0.2) is 6.10 Å². The maximum absolute atomic E-state index is 12.4. The fraction of sp³-hybridized carbons (Fsp3) is 0.304. The molecule has 1 aliphatic carbocycles. The molecule has 2 aromatic carbocycles. The zero-order valence-electron chi connectivity index (χ0n) is 16.7. The summed E-state index contributed by atoms with van der Waals surface area (Å²) in [5.74, 6) is -0.494. The lowest BCUT2D eigenvalue weighted by molar-refractivity contribution is -0.153. The van der Waals surface area contributed by atoms with Crippen molar-refractivity contribution in [3.05, 3.63) is 69.8 Å². The Hall–Kier alpha value is -3.48. The normalized spacial score (nSPS) is 13.6. The quantitative estimate of drug-likeness (QED) is 0.614. The Morgan fingerprint density at radius 1 is 1.17 bits per heavy atom. The number of H-pyrrole nitrogens is 1. The van der Waals surface area contributed by atoms with Gasteiger partial charge in [0.05, 0.1) is 17.3 Å². The third-order valence-electron chi connectivity index (χ3n) is 5.27. The van der Waals surface area contributed by atoms with E-state index in [0.29, 0.717) is 22.4 Å². The van der Waals surface area contributed by atoms with Crippen molar-refractivity contribution in [2.75, 3.05) is 5.32 Å². The summed E-state index contributed by atoms with van der Waals surface area (Å²) >= 11 is 0. The topological polar surface area (TPSA) is 101 Å². The molecule has 2 N–H and O–H groups in total. The van der Waals surface area contributed by atoms with Crippen LogP contribution in [0, 0.1) is 0 Å². The maximum atomic E-state index is 12.4. The first-order valence-electron chi connectivity index (χ1n) is 10.1. The number of fused-ring (bicyclic) bond motifs is 2. The number of carbonyl (C=O) groups is 2. The Bertz CT molecular complexity index is 1170. The van der Waals surface area contributed by atoms with E-state index < -0.39 is 12.1 Å². The molecule has 7 heteroatoms. The maximum Gasteiger partial charge on any atom is 0.307 e. The summed E-state index contributed by atoms with van der Waals surface area (Å²) in [5, 5.41) is 3.30. The second-order valence-corrected chi connectivity index (χ2v) is 7.49. The molecular formula is C23H23N3O4. The van der Waals surface area contributed by atoms with Gasteiger partial charge in [0.2, 0.25) is 0 Å². The number of aryl methyl sites for hydroxylation is 3. The van der Waals surface area contributed by atoms with Gasteiger partial charge in [-0.2, -0.15) is 0 Å². The van der Waals surface area contributed by atoms with E-state index in [1.165, 1.54) is 18.1 Å². The first-order chi connectivity index (χ1) is 14.5. The van der Waals surface area contributed by atoms with Gasteiger partial charge in [-0.3, -0.25) is 14.4 Å². The zero-order valence-corrected chi connectivity index (χ0v) is 16.7. The largest absolute Gasteiger partial charge is 0.453 e. The number of para-hydroxylation sites is 1. The monoisotopic (exact) mass is 405 g/mol. The van der Waals surface area contributed by atoms with Crippen molar-refractivity contribution in [3.8, 4) is 0 Å². The highest BCUT2D eigenvalue weighted by Gasteiger charge is 2.19. The second-order valence-electron chi connectivity index (χ2n) is 7.49. The summed E-state index contributed by atoms with van der Waals surface area (Å²) in [4.78, 5) is 43.7. The predicted octanol–water partition coefficient (Wildman–Crippen LogP) is 2.91. The van der Waals surface area contributed by atoms with Crippen LogP contribution in [0.25, 0.3) is 10.9 Å². The fourth-order valence-electron chi connectivity index (χ4n) is 3.68. The number of rotatable bonds is 6. The Balaban J connectivity index is 1.31. The lowest BCUT2D eigenvalue weighted by atomic mass is 10.1. The van der Waals surface area contributed by atoms with E-state index in [1.54, 1.807) is 24.3 Å². The molecule has 0 aliphatic heterocycles. The molecule has 0 radical (unpaired) electrons. The van der Waals surface area contributed by atoms with Gasteiger partial charge >= 0.3 is 5.97 Å². The number of hydrogen-bond acceptors (Lipinski definition) is 5. The van der Waals surface area contributed by atoms with Crippen LogP contribution in [0.4, 0.5) is 5.69 Å². The van der Waals surface area contributed by atoms with E-state index in [-0.39, 0.29) is 24.3 Å². The van der Waals surface area contributed by atoms with E-state index in [1.807, 2.05) is 18.2 Å². The third-order valence-corrected chi connectivity index (χ3v) is 5.27. The number of benzene rings is 2. The molecule has 1 aliphatic rings. The fourth-order valence-corrected chi connectivity index (χ4v) is 3.68. The first kappa shape index (κ1) is 19.8. The van der Waals surface area contributed by atoms with Crippen LogP contribution in [-0.4, -0.2) is 27.9 Å². The molecule has 1 amide bonds. The highest BCUT2D eigenvalue weighted by molar-refractivity contribution is 5.95. The van der Waals surface area contributed by atoms with Crippen molar-refractivity contribution in [1.82, 2.24) is 9.97 Å². The van der Waals surface area contributed by atoms with Crippen molar-refractivity contribution >= 4 is 28.5 Å². The molecule has 1 heterocycles. The molecule has 30 heavy (non-hydrogen) atoms. The van der Waals surface area contributed by atoms with Crippen LogP contribution in [0.5, 0.6) is 0 Å². The average Bonchev–Trinajstić information content (AvgIpc) is 3.20. The molecule has 7 nitrogen and oxygen atoms in total. The van der Waals surface area contributed by atoms with Gasteiger partial charge in [-0.05, 0) is 61.6 Å². The minimum atomic E-state index is -0.922. The number of carbonyl (C=O) groups excluding carboxylic acids is 2. The number of aromatic amines is 1. The van der Waals surface area contributed by atoms with Gasteiger partial charge in [-0.25, -0.2) is 4.98 Å². The summed E-state index contributed by atoms with van der Waals surface area (Å²) in [5.41, 5.74) is 3.63. The minimum absolute atomic E-state index is 0.0117. The Labute approximate surface area is 173 Å². The zero-order chi connectivity index (χ0) is 21.1. The number of nitrogens with one attached hydrogen (secondary N) is 2. The van der Waals surface area contributed by atoms with Crippen LogP contribution >= 0.6 is 0 Å². The van der Waals surface area contributed by atoms with Crippen LogP contribution in [0.3, 0.4) is 0 Å². The van der Waals surface area contributed by atoms with Crippen molar-refractivity contribution < 1.29 is 14.3 Å². The Morgan fingerprint density at radius 3 is 2.83 bits per heavy atom. The average molecular weight is 405 g/mol. The van der Waals surface area contributed by atoms with Gasteiger partial charge < -0.3 is 15.0 Å². The van der Waals surface area contributed by atoms with E-state index in [4.69, 9.17) is 4.74 Å². The second kappa shape index (κ2) is 8.49. The summed E-state index contributed by atoms with van der Waals surface area (Å²) in [6.07, 6.45) is 2.55. The predicted molar refractivity (Wildman–Crippen MR) is 113 cm³/mol. The number of amides is 1. The molecule has 1 aromatic heterocycles. The van der Waals surface area contributed by atoms with Gasteiger partial charge in [-0.1, -0.05) is 18.2 Å². The number of esters is 1. The molecule has 154 valence electrons. The number of hydrogen-bond donors (Lipinski definition) is 2. The van der Waals surface area contributed by atoms with Crippen LogP contribution < -0.4 is 10.9 Å². The Morgan fingerprint density at radius 2 is 1.97 bits per heavy atom. The number of nitrogens with zero attached hydrogens (tertiary/aromatic N) is 1. The smallest absolute Gasteiger partial charge is 0.307 e. The molecule has 0 fully saturated rings. The van der Waals surface area contributed by atoms with Crippen LogP contribution in [0.2, 0.25) is 0 Å². The first-order valence-corrected chi connectivity index (χ1v) is 10.1. The summed E-state index contributed by atoms with van der Waals surface area (Å²) in [6.45, 7) is 1.54. The molecule has 0 bridgehead atoms. The number of aromatic nitrogens is 2. The summed E-state index contributed by atoms with van der Waals surface area (Å²) < 4.78 is 5.25. The van der Waals surface area contributed by atoms with E-state index in [0.717, 1.165) is 19.3 Å². The van der Waals surface area contributed by atoms with E-state index in [2.05, 4.69) is 15.3 Å². The highest BCUT2D eigenvalue weighted by atomic mass is 16.5. The molecule has 3 aromatic rings. The van der Waals surface area contributed by atoms with Crippen molar-refractivity contribution in [3.63, 3.8) is 0 Å². The Kier molecular flexibility index (Phi) is 5.61. The number of anilines is 1. The van der Waals surface area contributed by atoms with Gasteiger partial charge in [-0.15, -0.1) is 0 Å². The van der Waals surface area contributed by atoms with Gasteiger partial charge in [0.1, 0.15) is 5.82 Å². The van der Waals surface area contributed by atoms with Gasteiger partial charge in [0, 0.05) is 12.1 Å². The van der Waals surface area contributed by atoms with Crippen LogP contribution in [0.15, 0.2) is 47.3 Å². The van der Waals surface area contributed by atoms with Crippen LogP contribution in [0.1, 0.15) is 36.7 Å². The molecule has 4 rings (SSSR count). The van der Waals surface area contributed by atoms with Crippen molar-refractivity contribution in [2.24, 2.45) is 0 Å². The van der Waals surface area contributed by atoms with E-state index >= 15 is 0 Å². The summed E-state index contributed by atoms with van der Waals surface area (Å²) in [7, 11) is 0. The highest BCUT2D eigenvalue weighted by Crippen LogP contribution is 2.25. The van der Waals surface area contributed by atoms with Crippen molar-refractivity contribution in [1.29, 1.82) is 0 Å². The summed E-state index contributed by atoms with van der Waals surface area (Å²) in [6, 6.07) is 12.9. The molecule has 0 spiro atoms. The SMILES string of the molecule is C[C@@H](OC(=O)CCc1nc2ccccc2c(=O)[nH]1)C(=O)Nc1ccc2c(c1)CCC2. The van der Waals surface area contributed by atoms with E-state index in [9.17, 15) is 14.4 Å².